The lowest BCUT2D eigenvalue weighted by atomic mass is 9.84. The van der Waals surface area contributed by atoms with Gasteiger partial charge >= 0.3 is 0 Å². The molecule has 0 aliphatic heterocycles. The topological polar surface area (TPSA) is 35.2 Å². The van der Waals surface area contributed by atoms with Crippen LogP contribution in [0.2, 0.25) is 0 Å². The highest BCUT2D eigenvalue weighted by atomic mass is 16.5. The quantitative estimate of drug-likeness (QED) is 0.690. The molecule has 0 bridgehead atoms. The van der Waals surface area contributed by atoms with Crippen LogP contribution in [0.15, 0.2) is 0 Å². The number of nitrogens with two attached hydrogens (primary N) is 1. The summed E-state index contributed by atoms with van der Waals surface area (Å²) >= 11 is 0. The minimum absolute atomic E-state index is 0.365. The lowest BCUT2D eigenvalue weighted by molar-refractivity contribution is 0.0514. The molecule has 0 amide bonds. The zero-order valence-corrected chi connectivity index (χ0v) is 7.88. The van der Waals surface area contributed by atoms with Gasteiger partial charge in [-0.3, -0.25) is 0 Å². The van der Waals surface area contributed by atoms with Gasteiger partial charge < -0.3 is 10.5 Å². The van der Waals surface area contributed by atoms with Crippen LogP contribution in [0.4, 0.5) is 0 Å². The highest BCUT2D eigenvalue weighted by molar-refractivity contribution is 5.03. The second-order valence-electron chi connectivity index (χ2n) is 4.51. The normalized spacial score (nSPS) is 44.5. The fourth-order valence-electron chi connectivity index (χ4n) is 2.67. The van der Waals surface area contributed by atoms with E-state index in [1.165, 1.54) is 19.3 Å². The molecule has 2 saturated carbocycles. The van der Waals surface area contributed by atoms with Crippen LogP contribution in [0, 0.1) is 17.3 Å². The lowest BCUT2D eigenvalue weighted by Crippen LogP contribution is -2.34. The molecular formula is C10H19NO. The highest BCUT2D eigenvalue weighted by Gasteiger charge is 2.53. The van der Waals surface area contributed by atoms with E-state index in [0.717, 1.165) is 31.6 Å². The van der Waals surface area contributed by atoms with Crippen LogP contribution in [-0.2, 0) is 4.74 Å². The zero-order chi connectivity index (χ0) is 8.60. The lowest BCUT2D eigenvalue weighted by Gasteiger charge is -2.28. The third-order valence-corrected chi connectivity index (χ3v) is 3.50. The molecule has 2 atom stereocenters. The Labute approximate surface area is 74.5 Å². The van der Waals surface area contributed by atoms with E-state index in [0.29, 0.717) is 5.41 Å². The Balaban J connectivity index is 1.87. The molecular weight excluding hydrogens is 150 g/mol. The Kier molecular flexibility index (Phi) is 2.13. The van der Waals surface area contributed by atoms with Gasteiger partial charge in [0.25, 0.3) is 0 Å². The van der Waals surface area contributed by atoms with Crippen LogP contribution < -0.4 is 5.73 Å². The summed E-state index contributed by atoms with van der Waals surface area (Å²) < 4.78 is 5.50. The molecule has 2 aliphatic carbocycles. The van der Waals surface area contributed by atoms with Gasteiger partial charge in [0.1, 0.15) is 0 Å². The monoisotopic (exact) mass is 169 g/mol. The van der Waals surface area contributed by atoms with Gasteiger partial charge in [0, 0.05) is 18.6 Å². The first-order valence-electron chi connectivity index (χ1n) is 5.07. The van der Waals surface area contributed by atoms with Gasteiger partial charge in [-0.2, -0.15) is 0 Å². The third kappa shape index (κ3) is 1.38. The van der Waals surface area contributed by atoms with Crippen molar-refractivity contribution in [3.63, 3.8) is 0 Å². The predicted octanol–water partition coefficient (Wildman–Crippen LogP) is 1.40. The first-order valence-corrected chi connectivity index (χ1v) is 5.07. The molecule has 0 radical (unpaired) electrons. The maximum atomic E-state index is 5.81. The molecule has 2 rings (SSSR count). The zero-order valence-electron chi connectivity index (χ0n) is 7.88. The fraction of sp³-hybridized carbons (Fsp3) is 1.00. The van der Waals surface area contributed by atoms with E-state index < -0.39 is 0 Å². The van der Waals surface area contributed by atoms with Crippen LogP contribution in [0.1, 0.15) is 26.2 Å². The van der Waals surface area contributed by atoms with Crippen molar-refractivity contribution in [3.05, 3.63) is 0 Å². The first kappa shape index (κ1) is 8.52. The number of hydrogen-bond donors (Lipinski definition) is 1. The van der Waals surface area contributed by atoms with Gasteiger partial charge in [-0.25, -0.2) is 0 Å². The summed E-state index contributed by atoms with van der Waals surface area (Å²) in [4.78, 5) is 0. The standard InChI is InChI=1S/C10H19NO/c1-2-12-7-10(6-11)4-8-3-9(8)5-10/h8-9H,2-7,11H2,1H3. The Bertz CT molecular complexity index is 159. The summed E-state index contributed by atoms with van der Waals surface area (Å²) in [5, 5.41) is 0. The van der Waals surface area contributed by atoms with Crippen molar-refractivity contribution in [1.82, 2.24) is 0 Å². The van der Waals surface area contributed by atoms with Gasteiger partial charge in [-0.1, -0.05) is 0 Å². The molecule has 12 heavy (non-hydrogen) atoms. The van der Waals surface area contributed by atoms with Crippen molar-refractivity contribution in [1.29, 1.82) is 0 Å². The average Bonchev–Trinajstić information content (AvgIpc) is 2.72. The highest BCUT2D eigenvalue weighted by Crippen LogP contribution is 2.59. The minimum Gasteiger partial charge on any atom is -0.381 e. The molecule has 0 aromatic carbocycles. The van der Waals surface area contributed by atoms with Crippen LogP contribution in [0.25, 0.3) is 0 Å². The molecule has 0 spiro atoms. The van der Waals surface area contributed by atoms with Gasteiger partial charge in [-0.05, 0) is 38.0 Å². The van der Waals surface area contributed by atoms with Crippen LogP contribution in [0.3, 0.4) is 0 Å². The molecule has 2 fully saturated rings. The van der Waals surface area contributed by atoms with Crippen LogP contribution in [-0.4, -0.2) is 19.8 Å². The molecule has 2 nitrogen and oxygen atoms in total. The Morgan fingerprint density at radius 2 is 2.08 bits per heavy atom. The number of hydrogen-bond acceptors (Lipinski definition) is 2. The smallest absolute Gasteiger partial charge is 0.0534 e. The molecule has 0 aromatic rings. The van der Waals surface area contributed by atoms with Crippen molar-refractivity contribution in [2.45, 2.75) is 26.2 Å². The van der Waals surface area contributed by atoms with E-state index in [1.54, 1.807) is 0 Å². The molecule has 2 N–H and O–H groups in total. The molecule has 2 aliphatic rings. The first-order chi connectivity index (χ1) is 5.79. The fourth-order valence-corrected chi connectivity index (χ4v) is 2.67. The predicted molar refractivity (Wildman–Crippen MR) is 48.8 cm³/mol. The summed E-state index contributed by atoms with van der Waals surface area (Å²) in [5.74, 6) is 2.02. The van der Waals surface area contributed by atoms with E-state index >= 15 is 0 Å². The van der Waals surface area contributed by atoms with Crippen molar-refractivity contribution in [2.75, 3.05) is 19.8 Å². The van der Waals surface area contributed by atoms with Crippen molar-refractivity contribution in [3.8, 4) is 0 Å². The third-order valence-electron chi connectivity index (χ3n) is 3.50. The van der Waals surface area contributed by atoms with E-state index in [1.807, 2.05) is 0 Å². The maximum absolute atomic E-state index is 5.81. The van der Waals surface area contributed by atoms with Crippen LogP contribution in [0.5, 0.6) is 0 Å². The van der Waals surface area contributed by atoms with Crippen molar-refractivity contribution in [2.24, 2.45) is 23.0 Å². The maximum Gasteiger partial charge on any atom is 0.0534 e. The van der Waals surface area contributed by atoms with Crippen molar-refractivity contribution >= 4 is 0 Å². The second-order valence-corrected chi connectivity index (χ2v) is 4.51. The SMILES string of the molecule is CCOCC1(CN)CC2CC2C1. The van der Waals surface area contributed by atoms with E-state index in [-0.39, 0.29) is 0 Å². The molecule has 2 heteroatoms. The summed E-state index contributed by atoms with van der Waals surface area (Å²) in [7, 11) is 0. The summed E-state index contributed by atoms with van der Waals surface area (Å²) in [6.07, 6.45) is 4.12. The summed E-state index contributed by atoms with van der Waals surface area (Å²) in [5.41, 5.74) is 6.18. The summed E-state index contributed by atoms with van der Waals surface area (Å²) in [6, 6.07) is 0. The molecule has 2 unspecified atom stereocenters. The molecule has 70 valence electrons. The Morgan fingerprint density at radius 1 is 1.42 bits per heavy atom. The largest absolute Gasteiger partial charge is 0.381 e. The molecule has 0 aromatic heterocycles. The number of fused-ring (bicyclic) bond motifs is 1. The Morgan fingerprint density at radius 3 is 2.58 bits per heavy atom. The molecule has 0 saturated heterocycles. The van der Waals surface area contributed by atoms with Gasteiger partial charge in [0.2, 0.25) is 0 Å². The van der Waals surface area contributed by atoms with E-state index in [9.17, 15) is 0 Å². The Hall–Kier alpha value is -0.0800. The number of rotatable bonds is 4. The second kappa shape index (κ2) is 3.00. The van der Waals surface area contributed by atoms with Gasteiger partial charge in [0.05, 0.1) is 6.61 Å². The number of ether oxygens (including phenoxy) is 1. The van der Waals surface area contributed by atoms with E-state index in [4.69, 9.17) is 10.5 Å². The average molecular weight is 169 g/mol. The summed E-state index contributed by atoms with van der Waals surface area (Å²) in [6.45, 7) is 4.60. The van der Waals surface area contributed by atoms with E-state index in [2.05, 4.69) is 6.92 Å². The van der Waals surface area contributed by atoms with Gasteiger partial charge in [0.15, 0.2) is 0 Å². The molecule has 0 heterocycles. The van der Waals surface area contributed by atoms with Crippen molar-refractivity contribution < 1.29 is 4.74 Å². The van der Waals surface area contributed by atoms with Crippen LogP contribution >= 0.6 is 0 Å². The van der Waals surface area contributed by atoms with Gasteiger partial charge in [-0.15, -0.1) is 0 Å². The minimum atomic E-state index is 0.365.